The van der Waals surface area contributed by atoms with E-state index in [0.29, 0.717) is 24.2 Å². The molecular weight excluding hydrogens is 375 g/mol. The monoisotopic (exact) mass is 396 g/mol. The summed E-state index contributed by atoms with van der Waals surface area (Å²) < 4.78 is 19.5. The molecule has 29 heavy (non-hydrogen) atoms. The number of aryl methyl sites for hydroxylation is 1. The molecule has 8 heteroatoms. The van der Waals surface area contributed by atoms with E-state index in [0.717, 1.165) is 12.8 Å². The molecule has 0 aliphatic carbocycles. The Labute approximate surface area is 166 Å². The lowest BCUT2D eigenvalue weighted by atomic mass is 10.0. The lowest BCUT2D eigenvalue weighted by Crippen LogP contribution is -2.46. The number of nitrogens with zero attached hydrogens (tertiary/aromatic N) is 3. The third kappa shape index (κ3) is 3.57. The molecule has 3 heterocycles. The Morgan fingerprint density at radius 3 is 2.69 bits per heavy atom. The number of hydrogen-bond donors (Lipinski definition) is 1. The second-order valence-corrected chi connectivity index (χ2v) is 7.21. The fraction of sp³-hybridized carbons (Fsp3) is 0.333. The lowest BCUT2D eigenvalue weighted by molar-refractivity contribution is -0.131. The van der Waals surface area contributed by atoms with Gasteiger partial charge in [-0.3, -0.25) is 9.59 Å². The molecule has 0 spiro atoms. The molecule has 1 atom stereocenters. The molecule has 1 aliphatic heterocycles. The number of pyridine rings is 1. The van der Waals surface area contributed by atoms with Gasteiger partial charge in [0.2, 0.25) is 5.91 Å². The molecule has 1 aliphatic rings. The van der Waals surface area contributed by atoms with Crippen molar-refractivity contribution in [1.29, 1.82) is 0 Å². The third-order valence-corrected chi connectivity index (χ3v) is 5.15. The zero-order valence-corrected chi connectivity index (χ0v) is 16.2. The maximum absolute atomic E-state index is 14.3. The quantitative estimate of drug-likeness (QED) is 0.732. The Kier molecular flexibility index (Phi) is 5.00. The van der Waals surface area contributed by atoms with E-state index >= 15 is 0 Å². The van der Waals surface area contributed by atoms with Crippen LogP contribution in [0.1, 0.15) is 35.8 Å². The summed E-state index contributed by atoms with van der Waals surface area (Å²) in [5, 5.41) is 7.09. The van der Waals surface area contributed by atoms with Gasteiger partial charge in [0.05, 0.1) is 22.3 Å². The standard InChI is InChI=1S/C21H21FN4O3/c1-12-18-15(19(27)23-13(2)21(28)26-9-5-6-10-26)11-17(24-20(18)29-25-12)14-7-3-4-8-16(14)22/h3-4,7-8,11,13H,5-6,9-10H2,1-2H3,(H,23,27)/t13-/m0/s1. The predicted octanol–water partition coefficient (Wildman–Crippen LogP) is 3.08. The minimum Gasteiger partial charge on any atom is -0.341 e. The van der Waals surface area contributed by atoms with Gasteiger partial charge < -0.3 is 14.7 Å². The molecule has 2 amide bonds. The van der Waals surface area contributed by atoms with Crippen LogP contribution in [-0.2, 0) is 4.79 Å². The zero-order valence-electron chi connectivity index (χ0n) is 16.2. The van der Waals surface area contributed by atoms with Crippen LogP contribution in [0, 0.1) is 12.7 Å². The van der Waals surface area contributed by atoms with Crippen molar-refractivity contribution in [3.05, 3.63) is 47.4 Å². The van der Waals surface area contributed by atoms with E-state index in [1.54, 1.807) is 36.9 Å². The minimum absolute atomic E-state index is 0.113. The number of hydrogen-bond acceptors (Lipinski definition) is 5. The Bertz CT molecular complexity index is 1090. The number of halogens is 1. The van der Waals surface area contributed by atoms with E-state index in [4.69, 9.17) is 4.52 Å². The van der Waals surface area contributed by atoms with Gasteiger partial charge in [0.15, 0.2) is 0 Å². The molecule has 0 radical (unpaired) electrons. The number of fused-ring (bicyclic) bond motifs is 1. The third-order valence-electron chi connectivity index (χ3n) is 5.15. The molecule has 2 aromatic heterocycles. The summed E-state index contributed by atoms with van der Waals surface area (Å²) in [5.41, 5.74) is 1.39. The highest BCUT2D eigenvalue weighted by Crippen LogP contribution is 2.28. The molecule has 4 rings (SSSR count). The predicted molar refractivity (Wildman–Crippen MR) is 105 cm³/mol. The average molecular weight is 396 g/mol. The van der Waals surface area contributed by atoms with Crippen molar-refractivity contribution < 1.29 is 18.5 Å². The maximum atomic E-state index is 14.3. The summed E-state index contributed by atoms with van der Waals surface area (Å²) in [6, 6.07) is 6.99. The van der Waals surface area contributed by atoms with E-state index in [1.807, 2.05) is 0 Å². The van der Waals surface area contributed by atoms with Gasteiger partial charge in [-0.1, -0.05) is 17.3 Å². The van der Waals surface area contributed by atoms with Gasteiger partial charge in [-0.25, -0.2) is 9.37 Å². The topological polar surface area (TPSA) is 88.3 Å². The van der Waals surface area contributed by atoms with Gasteiger partial charge in [0.25, 0.3) is 11.6 Å². The molecule has 1 fully saturated rings. The summed E-state index contributed by atoms with van der Waals surface area (Å²) in [6.07, 6.45) is 1.95. The smallest absolute Gasteiger partial charge is 0.259 e. The number of carbonyl (C=O) groups excluding carboxylic acids is 2. The molecule has 150 valence electrons. The van der Waals surface area contributed by atoms with Crippen LogP contribution in [0.15, 0.2) is 34.9 Å². The second kappa shape index (κ2) is 7.62. The van der Waals surface area contributed by atoms with Gasteiger partial charge in [0, 0.05) is 18.7 Å². The largest absolute Gasteiger partial charge is 0.341 e. The average Bonchev–Trinajstić information content (AvgIpc) is 3.37. The molecule has 0 bridgehead atoms. The van der Waals surface area contributed by atoms with Crippen LogP contribution >= 0.6 is 0 Å². The van der Waals surface area contributed by atoms with Crippen LogP contribution in [0.3, 0.4) is 0 Å². The first-order chi connectivity index (χ1) is 14.0. The molecule has 0 unspecified atom stereocenters. The summed E-state index contributed by atoms with van der Waals surface area (Å²) in [4.78, 5) is 31.7. The van der Waals surface area contributed by atoms with E-state index in [-0.39, 0.29) is 28.4 Å². The van der Waals surface area contributed by atoms with Crippen LogP contribution in [0.25, 0.3) is 22.4 Å². The van der Waals surface area contributed by atoms with E-state index < -0.39 is 17.8 Å². The van der Waals surface area contributed by atoms with Crippen molar-refractivity contribution in [1.82, 2.24) is 20.4 Å². The number of carbonyl (C=O) groups is 2. The van der Waals surface area contributed by atoms with Crippen molar-refractivity contribution in [2.24, 2.45) is 0 Å². The molecule has 0 saturated carbocycles. The molecule has 1 saturated heterocycles. The number of benzene rings is 1. The Hall–Kier alpha value is -3.29. The molecule has 7 nitrogen and oxygen atoms in total. The van der Waals surface area contributed by atoms with Crippen LogP contribution in [0.5, 0.6) is 0 Å². The fourth-order valence-corrected chi connectivity index (χ4v) is 3.63. The highest BCUT2D eigenvalue weighted by molar-refractivity contribution is 6.08. The SMILES string of the molecule is Cc1noc2nc(-c3ccccc3F)cc(C(=O)N[C@@H](C)C(=O)N3CCCC3)c12. The van der Waals surface area contributed by atoms with Crippen LogP contribution in [0.2, 0.25) is 0 Å². The summed E-state index contributed by atoms with van der Waals surface area (Å²) in [7, 11) is 0. The zero-order chi connectivity index (χ0) is 20.5. The number of likely N-dealkylation sites (tertiary alicyclic amines) is 1. The van der Waals surface area contributed by atoms with Crippen molar-refractivity contribution in [3.8, 4) is 11.3 Å². The summed E-state index contributed by atoms with van der Waals surface area (Å²) in [6.45, 7) is 4.78. The first-order valence-corrected chi connectivity index (χ1v) is 9.57. The van der Waals surface area contributed by atoms with Crippen LogP contribution in [0.4, 0.5) is 4.39 Å². The fourth-order valence-electron chi connectivity index (χ4n) is 3.63. The van der Waals surface area contributed by atoms with Crippen molar-refractivity contribution in [2.45, 2.75) is 32.7 Å². The molecule has 1 N–H and O–H groups in total. The summed E-state index contributed by atoms with van der Waals surface area (Å²) in [5.74, 6) is -1.03. The summed E-state index contributed by atoms with van der Waals surface area (Å²) >= 11 is 0. The first kappa shape index (κ1) is 19.0. The normalized spacial score (nSPS) is 14.9. The van der Waals surface area contributed by atoms with Crippen molar-refractivity contribution >= 4 is 22.9 Å². The van der Waals surface area contributed by atoms with Crippen LogP contribution in [-0.4, -0.2) is 46.0 Å². The number of nitrogens with one attached hydrogen (secondary N) is 1. The van der Waals surface area contributed by atoms with E-state index in [9.17, 15) is 14.0 Å². The second-order valence-electron chi connectivity index (χ2n) is 7.21. The number of amides is 2. The Morgan fingerprint density at radius 2 is 1.97 bits per heavy atom. The van der Waals surface area contributed by atoms with Gasteiger partial charge >= 0.3 is 0 Å². The van der Waals surface area contributed by atoms with Crippen LogP contribution < -0.4 is 5.32 Å². The highest BCUT2D eigenvalue weighted by Gasteiger charge is 2.27. The van der Waals surface area contributed by atoms with Gasteiger partial charge in [-0.2, -0.15) is 0 Å². The maximum Gasteiger partial charge on any atom is 0.259 e. The number of aromatic nitrogens is 2. The first-order valence-electron chi connectivity index (χ1n) is 9.57. The Morgan fingerprint density at radius 1 is 1.24 bits per heavy atom. The van der Waals surface area contributed by atoms with Gasteiger partial charge in [-0.05, 0) is 44.9 Å². The van der Waals surface area contributed by atoms with Gasteiger partial charge in [-0.15, -0.1) is 0 Å². The minimum atomic E-state index is -0.680. The van der Waals surface area contributed by atoms with Crippen molar-refractivity contribution in [2.75, 3.05) is 13.1 Å². The van der Waals surface area contributed by atoms with Crippen molar-refractivity contribution in [3.63, 3.8) is 0 Å². The molecule has 1 aromatic carbocycles. The Balaban J connectivity index is 1.70. The molecule has 3 aromatic rings. The lowest BCUT2D eigenvalue weighted by Gasteiger charge is -2.21. The number of rotatable bonds is 4. The highest BCUT2D eigenvalue weighted by atomic mass is 19.1. The van der Waals surface area contributed by atoms with E-state index in [1.165, 1.54) is 12.1 Å². The van der Waals surface area contributed by atoms with Gasteiger partial charge in [0.1, 0.15) is 11.9 Å². The molecular formula is C21H21FN4O3. The van der Waals surface area contributed by atoms with E-state index in [2.05, 4.69) is 15.5 Å².